The maximum absolute atomic E-state index is 5.89. The zero-order valence-electron chi connectivity index (χ0n) is 12.3. The Bertz CT molecular complexity index is 640. The molecule has 0 heterocycles. The highest BCUT2D eigenvalue weighted by Gasteiger charge is 2.08. The molecule has 0 atom stereocenters. The first-order chi connectivity index (χ1) is 10.2. The van der Waals surface area contributed by atoms with Gasteiger partial charge in [-0.2, -0.15) is 0 Å². The summed E-state index contributed by atoms with van der Waals surface area (Å²) in [6, 6.07) is 13.8. The summed E-state index contributed by atoms with van der Waals surface area (Å²) in [5.74, 6) is 1.59. The van der Waals surface area contributed by atoms with E-state index in [-0.39, 0.29) is 0 Å². The molecule has 0 aliphatic rings. The molecule has 0 saturated carbocycles. The van der Waals surface area contributed by atoms with Crippen molar-refractivity contribution >= 4 is 17.2 Å². The van der Waals surface area contributed by atoms with Gasteiger partial charge < -0.3 is 15.2 Å². The minimum atomic E-state index is 0.329. The second kappa shape index (κ2) is 7.09. The summed E-state index contributed by atoms with van der Waals surface area (Å²) in [6.45, 7) is 2.59. The average Bonchev–Trinajstić information content (AvgIpc) is 2.52. The van der Waals surface area contributed by atoms with Crippen molar-refractivity contribution in [3.05, 3.63) is 59.2 Å². The van der Waals surface area contributed by atoms with Crippen LogP contribution in [0, 0.1) is 0 Å². The highest BCUT2D eigenvalue weighted by Crippen LogP contribution is 2.23. The molecule has 2 N–H and O–H groups in total. The molecule has 0 amide bonds. The van der Waals surface area contributed by atoms with E-state index in [1.807, 2.05) is 36.4 Å². The molecule has 0 aromatic heterocycles. The first kappa shape index (κ1) is 15.3. The van der Waals surface area contributed by atoms with Crippen molar-refractivity contribution in [3.63, 3.8) is 0 Å². The normalized spacial score (nSPS) is 10.2. The number of aryl methyl sites for hydroxylation is 1. The van der Waals surface area contributed by atoms with Crippen LogP contribution in [0.2, 0.25) is 0 Å². The number of para-hydroxylation sites is 1. The van der Waals surface area contributed by atoms with Crippen LogP contribution in [-0.2, 0) is 13.0 Å². The van der Waals surface area contributed by atoms with E-state index in [4.69, 9.17) is 27.4 Å². The summed E-state index contributed by atoms with van der Waals surface area (Å²) in [6.07, 6.45) is 0.944. The van der Waals surface area contributed by atoms with Crippen molar-refractivity contribution in [3.8, 4) is 11.5 Å². The molecule has 0 bridgehead atoms. The van der Waals surface area contributed by atoms with Crippen molar-refractivity contribution < 1.29 is 9.47 Å². The minimum Gasteiger partial charge on any atom is -0.496 e. The lowest BCUT2D eigenvalue weighted by Gasteiger charge is -2.12. The fourth-order valence-electron chi connectivity index (χ4n) is 2.13. The topological polar surface area (TPSA) is 44.5 Å². The molecular formula is C17H19NO2S. The van der Waals surface area contributed by atoms with Gasteiger partial charge in [0.2, 0.25) is 0 Å². The number of hydrogen-bond acceptors (Lipinski definition) is 3. The molecule has 2 rings (SSSR count). The SMILES string of the molecule is CCc1ccccc1OCc1ccc(C(N)=S)c(OC)c1. The monoisotopic (exact) mass is 301 g/mol. The van der Waals surface area contributed by atoms with Crippen molar-refractivity contribution in [2.75, 3.05) is 7.11 Å². The third-order valence-corrected chi connectivity index (χ3v) is 3.50. The zero-order valence-corrected chi connectivity index (χ0v) is 13.1. The number of ether oxygens (including phenoxy) is 2. The van der Waals surface area contributed by atoms with Crippen molar-refractivity contribution in [2.24, 2.45) is 5.73 Å². The Labute approximate surface area is 130 Å². The van der Waals surface area contributed by atoms with Gasteiger partial charge in [-0.1, -0.05) is 43.4 Å². The van der Waals surface area contributed by atoms with E-state index in [1.54, 1.807) is 7.11 Å². The van der Waals surface area contributed by atoms with Crippen LogP contribution in [0.15, 0.2) is 42.5 Å². The van der Waals surface area contributed by atoms with Gasteiger partial charge in [0.15, 0.2) is 0 Å². The second-order valence-electron chi connectivity index (χ2n) is 4.65. The second-order valence-corrected chi connectivity index (χ2v) is 5.09. The number of hydrogen-bond donors (Lipinski definition) is 1. The van der Waals surface area contributed by atoms with Crippen LogP contribution in [0.3, 0.4) is 0 Å². The Morgan fingerprint density at radius 3 is 2.57 bits per heavy atom. The highest BCUT2D eigenvalue weighted by atomic mass is 32.1. The van der Waals surface area contributed by atoms with E-state index in [0.717, 1.165) is 23.3 Å². The number of benzene rings is 2. The standard InChI is InChI=1S/C17H19NO2S/c1-3-13-6-4-5-7-15(13)20-11-12-8-9-14(17(18)21)16(10-12)19-2/h4-10H,3,11H2,1-2H3,(H2,18,21). The molecule has 2 aromatic rings. The van der Waals surface area contributed by atoms with Gasteiger partial charge >= 0.3 is 0 Å². The Balaban J connectivity index is 2.15. The predicted molar refractivity (Wildman–Crippen MR) is 89.0 cm³/mol. The van der Waals surface area contributed by atoms with E-state index in [2.05, 4.69) is 13.0 Å². The molecule has 2 aromatic carbocycles. The van der Waals surface area contributed by atoms with Crippen molar-refractivity contribution in [1.29, 1.82) is 0 Å². The first-order valence-electron chi connectivity index (χ1n) is 6.83. The van der Waals surface area contributed by atoms with Crippen LogP contribution in [0.1, 0.15) is 23.6 Å². The zero-order chi connectivity index (χ0) is 15.2. The van der Waals surface area contributed by atoms with Gasteiger partial charge in [0.25, 0.3) is 0 Å². The van der Waals surface area contributed by atoms with Gasteiger partial charge in [0.05, 0.1) is 12.7 Å². The summed E-state index contributed by atoms with van der Waals surface area (Å²) in [5, 5.41) is 0. The fourth-order valence-corrected chi connectivity index (χ4v) is 2.30. The van der Waals surface area contributed by atoms with Crippen LogP contribution in [-0.4, -0.2) is 12.1 Å². The Hall–Kier alpha value is -2.07. The summed E-state index contributed by atoms with van der Waals surface area (Å²) < 4.78 is 11.2. The molecule has 4 heteroatoms. The van der Waals surface area contributed by atoms with Gasteiger partial charge in [-0.25, -0.2) is 0 Å². The van der Waals surface area contributed by atoms with Crippen LogP contribution in [0.4, 0.5) is 0 Å². The van der Waals surface area contributed by atoms with Crippen LogP contribution in [0.25, 0.3) is 0 Å². The average molecular weight is 301 g/mol. The lowest BCUT2D eigenvalue weighted by Crippen LogP contribution is -2.11. The molecule has 0 fully saturated rings. The van der Waals surface area contributed by atoms with E-state index in [9.17, 15) is 0 Å². The number of rotatable bonds is 6. The van der Waals surface area contributed by atoms with Crippen molar-refractivity contribution in [2.45, 2.75) is 20.0 Å². The van der Waals surface area contributed by atoms with Gasteiger partial charge in [-0.3, -0.25) is 0 Å². The quantitative estimate of drug-likeness (QED) is 0.830. The molecule has 0 aliphatic carbocycles. The molecule has 110 valence electrons. The summed E-state index contributed by atoms with van der Waals surface area (Å²) in [5.41, 5.74) is 8.61. The first-order valence-corrected chi connectivity index (χ1v) is 7.24. The van der Waals surface area contributed by atoms with E-state index in [0.29, 0.717) is 17.3 Å². The lowest BCUT2D eigenvalue weighted by atomic mass is 10.1. The van der Waals surface area contributed by atoms with Crippen molar-refractivity contribution in [1.82, 2.24) is 0 Å². The predicted octanol–water partition coefficient (Wildman–Crippen LogP) is 3.47. The molecule has 0 radical (unpaired) electrons. The van der Waals surface area contributed by atoms with Gasteiger partial charge in [-0.15, -0.1) is 0 Å². The minimum absolute atomic E-state index is 0.329. The Kier molecular flexibility index (Phi) is 5.17. The summed E-state index contributed by atoms with van der Waals surface area (Å²) in [4.78, 5) is 0.329. The van der Waals surface area contributed by atoms with E-state index in [1.165, 1.54) is 5.56 Å². The summed E-state index contributed by atoms with van der Waals surface area (Å²) >= 11 is 5.00. The van der Waals surface area contributed by atoms with Crippen LogP contribution < -0.4 is 15.2 Å². The lowest BCUT2D eigenvalue weighted by molar-refractivity contribution is 0.302. The number of thiocarbonyl (C=S) groups is 1. The Morgan fingerprint density at radius 1 is 1.14 bits per heavy atom. The number of methoxy groups -OCH3 is 1. The van der Waals surface area contributed by atoms with Gasteiger partial charge in [0.1, 0.15) is 23.1 Å². The summed E-state index contributed by atoms with van der Waals surface area (Å²) in [7, 11) is 1.61. The van der Waals surface area contributed by atoms with Crippen LogP contribution >= 0.6 is 12.2 Å². The third-order valence-electron chi connectivity index (χ3n) is 3.28. The van der Waals surface area contributed by atoms with Crippen LogP contribution in [0.5, 0.6) is 11.5 Å². The third kappa shape index (κ3) is 3.73. The van der Waals surface area contributed by atoms with E-state index < -0.39 is 0 Å². The van der Waals surface area contributed by atoms with Gasteiger partial charge in [-0.05, 0) is 35.7 Å². The fraction of sp³-hybridized carbons (Fsp3) is 0.235. The molecular weight excluding hydrogens is 282 g/mol. The largest absolute Gasteiger partial charge is 0.496 e. The Morgan fingerprint density at radius 2 is 1.90 bits per heavy atom. The molecule has 0 unspecified atom stereocenters. The molecule has 0 aliphatic heterocycles. The molecule has 0 spiro atoms. The molecule has 0 saturated heterocycles. The highest BCUT2D eigenvalue weighted by molar-refractivity contribution is 7.80. The maximum Gasteiger partial charge on any atom is 0.129 e. The smallest absolute Gasteiger partial charge is 0.129 e. The number of nitrogens with two attached hydrogens (primary N) is 1. The maximum atomic E-state index is 5.89. The molecule has 21 heavy (non-hydrogen) atoms. The van der Waals surface area contributed by atoms with E-state index >= 15 is 0 Å². The molecule has 3 nitrogen and oxygen atoms in total. The van der Waals surface area contributed by atoms with Gasteiger partial charge in [0, 0.05) is 0 Å².